The van der Waals surface area contributed by atoms with Gasteiger partial charge in [0.1, 0.15) is 11.9 Å². The minimum Gasteiger partial charge on any atom is -0.453 e. The number of methoxy groups -OCH3 is 1. The summed E-state index contributed by atoms with van der Waals surface area (Å²) >= 11 is 0. The summed E-state index contributed by atoms with van der Waals surface area (Å²) in [6.45, 7) is 8.71. The fraction of sp³-hybridized carbons (Fsp3) is 0.682. The van der Waals surface area contributed by atoms with E-state index >= 15 is 0 Å². The van der Waals surface area contributed by atoms with Gasteiger partial charge in [-0.2, -0.15) is 5.26 Å². The van der Waals surface area contributed by atoms with E-state index in [1.54, 1.807) is 0 Å². The molecule has 0 aromatic carbocycles. The number of amides is 1. The lowest BCUT2D eigenvalue weighted by Crippen LogP contribution is -2.57. The monoisotopic (exact) mass is 398 g/mol. The van der Waals surface area contributed by atoms with Gasteiger partial charge in [0, 0.05) is 37.5 Å². The van der Waals surface area contributed by atoms with Gasteiger partial charge in [0.2, 0.25) is 0 Å². The molecule has 1 saturated heterocycles. The predicted molar refractivity (Wildman–Crippen MR) is 109 cm³/mol. The van der Waals surface area contributed by atoms with E-state index in [1.807, 2.05) is 4.90 Å². The molecule has 2 aliphatic heterocycles. The maximum absolute atomic E-state index is 12.2. The first-order valence-electron chi connectivity index (χ1n) is 10.6. The highest BCUT2D eigenvalue weighted by Gasteiger charge is 2.38. The summed E-state index contributed by atoms with van der Waals surface area (Å²) < 4.78 is 10.9. The maximum Gasteiger partial charge on any atom is 0.409 e. The minimum atomic E-state index is -0.285. The van der Waals surface area contributed by atoms with Crippen molar-refractivity contribution < 1.29 is 14.3 Å². The van der Waals surface area contributed by atoms with Gasteiger partial charge in [-0.15, -0.1) is 0 Å². The van der Waals surface area contributed by atoms with Crippen molar-refractivity contribution in [3.05, 3.63) is 22.4 Å². The molecule has 3 heterocycles. The van der Waals surface area contributed by atoms with Crippen LogP contribution in [0.4, 0.5) is 10.6 Å². The van der Waals surface area contributed by atoms with Crippen molar-refractivity contribution in [2.24, 2.45) is 5.92 Å². The largest absolute Gasteiger partial charge is 0.453 e. The summed E-state index contributed by atoms with van der Waals surface area (Å²) in [5, 5.41) is 10.0. The van der Waals surface area contributed by atoms with Crippen LogP contribution in [0.2, 0.25) is 0 Å². The lowest BCUT2D eigenvalue weighted by atomic mass is 9.92. The molecule has 4 rings (SSSR count). The van der Waals surface area contributed by atoms with Crippen LogP contribution in [0.15, 0.2) is 0 Å². The SMILES string of the molecule is COC(=O)N1CCN(c2nc(C3CC3)c3c(c2C#N)CC(C)OC3)CC1C(C)C. The Morgan fingerprint density at radius 3 is 2.69 bits per heavy atom. The third kappa shape index (κ3) is 3.66. The zero-order valence-corrected chi connectivity index (χ0v) is 17.8. The lowest BCUT2D eigenvalue weighted by Gasteiger charge is -2.43. The second-order valence-electron chi connectivity index (χ2n) is 8.79. The molecule has 1 aliphatic carbocycles. The number of pyridine rings is 1. The van der Waals surface area contributed by atoms with Gasteiger partial charge in [0.25, 0.3) is 0 Å². The van der Waals surface area contributed by atoms with Crippen LogP contribution >= 0.6 is 0 Å². The van der Waals surface area contributed by atoms with Crippen LogP contribution in [-0.4, -0.2) is 54.9 Å². The van der Waals surface area contributed by atoms with Crippen LogP contribution in [0.1, 0.15) is 61.9 Å². The zero-order chi connectivity index (χ0) is 20.7. The highest BCUT2D eigenvalue weighted by molar-refractivity contribution is 5.69. The fourth-order valence-electron chi connectivity index (χ4n) is 4.59. The van der Waals surface area contributed by atoms with Crippen molar-refractivity contribution in [3.63, 3.8) is 0 Å². The number of carbonyl (C=O) groups excluding carboxylic acids is 1. The number of aromatic nitrogens is 1. The molecule has 2 atom stereocenters. The number of carbonyl (C=O) groups is 1. The molecular formula is C22H30N4O3. The van der Waals surface area contributed by atoms with Gasteiger partial charge in [-0.3, -0.25) is 0 Å². The van der Waals surface area contributed by atoms with Crippen LogP contribution in [0.3, 0.4) is 0 Å². The Morgan fingerprint density at radius 2 is 2.07 bits per heavy atom. The molecule has 3 aliphatic rings. The maximum atomic E-state index is 12.2. The summed E-state index contributed by atoms with van der Waals surface area (Å²) in [6, 6.07) is 2.47. The number of ether oxygens (including phenoxy) is 2. The molecule has 29 heavy (non-hydrogen) atoms. The number of nitrogens with zero attached hydrogens (tertiary/aromatic N) is 4. The number of nitriles is 1. The molecule has 1 aromatic rings. The second-order valence-corrected chi connectivity index (χ2v) is 8.79. The van der Waals surface area contributed by atoms with Gasteiger partial charge in [-0.05, 0) is 31.2 Å². The lowest BCUT2D eigenvalue weighted by molar-refractivity contribution is 0.0401. The first kappa shape index (κ1) is 20.0. The average molecular weight is 399 g/mol. The first-order chi connectivity index (χ1) is 13.9. The van der Waals surface area contributed by atoms with E-state index in [2.05, 4.69) is 31.7 Å². The van der Waals surface area contributed by atoms with E-state index in [-0.39, 0.29) is 24.2 Å². The Labute approximate surface area is 172 Å². The van der Waals surface area contributed by atoms with Crippen molar-refractivity contribution in [1.82, 2.24) is 9.88 Å². The fourth-order valence-corrected chi connectivity index (χ4v) is 4.59. The average Bonchev–Trinajstić information content (AvgIpc) is 3.56. The third-order valence-electron chi connectivity index (χ3n) is 6.40. The highest BCUT2D eigenvalue weighted by atomic mass is 16.5. The number of hydrogen-bond acceptors (Lipinski definition) is 6. The van der Waals surface area contributed by atoms with Crippen LogP contribution in [0.5, 0.6) is 0 Å². The number of rotatable bonds is 3. The molecule has 0 radical (unpaired) electrons. The smallest absolute Gasteiger partial charge is 0.409 e. The van der Waals surface area contributed by atoms with Crippen molar-refractivity contribution in [1.29, 1.82) is 5.26 Å². The molecule has 1 saturated carbocycles. The Hall–Kier alpha value is -2.33. The van der Waals surface area contributed by atoms with E-state index in [4.69, 9.17) is 14.5 Å². The quantitative estimate of drug-likeness (QED) is 0.778. The van der Waals surface area contributed by atoms with Gasteiger partial charge in [0.05, 0.1) is 37.1 Å². The Kier molecular flexibility index (Phi) is 5.39. The van der Waals surface area contributed by atoms with Crippen LogP contribution in [0.25, 0.3) is 0 Å². The van der Waals surface area contributed by atoms with Gasteiger partial charge in [0.15, 0.2) is 0 Å². The molecule has 7 nitrogen and oxygen atoms in total. The van der Waals surface area contributed by atoms with E-state index in [9.17, 15) is 10.1 Å². The first-order valence-corrected chi connectivity index (χ1v) is 10.6. The van der Waals surface area contributed by atoms with Crippen molar-refractivity contribution in [3.8, 4) is 6.07 Å². The minimum absolute atomic E-state index is 0.0206. The molecule has 0 spiro atoms. The van der Waals surface area contributed by atoms with Gasteiger partial charge >= 0.3 is 6.09 Å². The van der Waals surface area contributed by atoms with E-state index in [0.29, 0.717) is 37.7 Å². The summed E-state index contributed by atoms with van der Waals surface area (Å²) in [5.41, 5.74) is 4.07. The van der Waals surface area contributed by atoms with E-state index in [1.165, 1.54) is 7.11 Å². The molecule has 0 N–H and O–H groups in total. The van der Waals surface area contributed by atoms with Crippen LogP contribution in [0, 0.1) is 17.2 Å². The van der Waals surface area contributed by atoms with E-state index in [0.717, 1.165) is 41.9 Å². The Balaban J connectivity index is 1.73. The van der Waals surface area contributed by atoms with Crippen molar-refractivity contribution >= 4 is 11.9 Å². The standard InChI is InChI=1S/C22H30N4O3/c1-13(2)19-11-25(7-8-26(19)22(27)28-4)21-17(10-23)16-9-14(3)29-12-18(16)20(24-21)15-5-6-15/h13-15,19H,5-9,11-12H2,1-4H3. The van der Waals surface area contributed by atoms with Gasteiger partial charge < -0.3 is 19.3 Å². The Bertz CT molecular complexity index is 843. The third-order valence-corrected chi connectivity index (χ3v) is 6.40. The number of fused-ring (bicyclic) bond motifs is 1. The van der Waals surface area contributed by atoms with Crippen LogP contribution < -0.4 is 4.90 Å². The summed E-state index contributed by atoms with van der Waals surface area (Å²) in [7, 11) is 1.43. The topological polar surface area (TPSA) is 78.7 Å². The molecule has 1 amide bonds. The predicted octanol–water partition coefficient (Wildman–Crippen LogP) is 3.20. The zero-order valence-electron chi connectivity index (χ0n) is 17.8. The van der Waals surface area contributed by atoms with Gasteiger partial charge in [-0.25, -0.2) is 9.78 Å². The van der Waals surface area contributed by atoms with Crippen molar-refractivity contribution in [2.45, 2.75) is 64.7 Å². The highest BCUT2D eigenvalue weighted by Crippen LogP contribution is 2.45. The number of hydrogen-bond donors (Lipinski definition) is 0. The summed E-state index contributed by atoms with van der Waals surface area (Å²) in [4.78, 5) is 21.3. The summed E-state index contributed by atoms with van der Waals surface area (Å²) in [5.74, 6) is 1.55. The normalized spacial score (nSPS) is 24.3. The van der Waals surface area contributed by atoms with Gasteiger partial charge in [-0.1, -0.05) is 13.8 Å². The molecular weight excluding hydrogens is 368 g/mol. The molecule has 1 aromatic heterocycles. The van der Waals surface area contributed by atoms with Crippen LogP contribution in [-0.2, 0) is 22.5 Å². The molecule has 156 valence electrons. The molecule has 2 unspecified atom stereocenters. The molecule has 7 heteroatoms. The Morgan fingerprint density at radius 1 is 1.31 bits per heavy atom. The van der Waals surface area contributed by atoms with E-state index < -0.39 is 0 Å². The molecule has 0 bridgehead atoms. The van der Waals surface area contributed by atoms with Crippen molar-refractivity contribution in [2.75, 3.05) is 31.6 Å². The molecule has 2 fully saturated rings. The number of anilines is 1. The summed E-state index contributed by atoms with van der Waals surface area (Å²) in [6.07, 6.45) is 2.89. The second kappa shape index (κ2) is 7.83. The number of piperazine rings is 1.